The van der Waals surface area contributed by atoms with Gasteiger partial charge in [0.2, 0.25) is 5.91 Å². The molecule has 2 atom stereocenters. The van der Waals surface area contributed by atoms with E-state index in [0.717, 1.165) is 24.2 Å². The number of hydrogen-bond acceptors (Lipinski definition) is 3. The van der Waals surface area contributed by atoms with Crippen LogP contribution >= 0.6 is 11.6 Å². The van der Waals surface area contributed by atoms with Crippen LogP contribution in [0, 0.1) is 12.8 Å². The minimum Gasteiger partial charge on any atom is -0.392 e. The number of halogens is 1. The predicted octanol–water partition coefficient (Wildman–Crippen LogP) is 2.29. The number of carbonyl (C=O) groups is 1. The molecule has 0 spiro atoms. The van der Waals surface area contributed by atoms with E-state index in [-0.39, 0.29) is 12.0 Å². The average molecular weight is 297 g/mol. The van der Waals surface area contributed by atoms with Gasteiger partial charge in [0.05, 0.1) is 12.6 Å². The standard InChI is InChI=1S/C15H21ClN2O2/c1-10-5-6-18(8-14(10)19)9-15(20)17-13-4-3-12(16)7-11(13)2/h3-4,7,10,14,19H,5-6,8-9H2,1-2H3,(H,17,20). The van der Waals surface area contributed by atoms with Crippen molar-refractivity contribution < 1.29 is 9.90 Å². The molecule has 0 saturated carbocycles. The Morgan fingerprint density at radius 1 is 1.55 bits per heavy atom. The molecular formula is C15H21ClN2O2. The summed E-state index contributed by atoms with van der Waals surface area (Å²) < 4.78 is 0. The number of rotatable bonds is 3. The normalized spacial score (nSPS) is 23.6. The van der Waals surface area contributed by atoms with Gasteiger partial charge in [0.15, 0.2) is 0 Å². The van der Waals surface area contributed by atoms with Crippen LogP contribution in [0.4, 0.5) is 5.69 Å². The maximum absolute atomic E-state index is 12.0. The number of β-amino-alcohol motifs (C(OH)–C–C–N with tert-alkyl or cyclic N) is 1. The second kappa shape index (κ2) is 6.57. The molecule has 0 bridgehead atoms. The molecule has 1 aromatic rings. The number of nitrogens with zero attached hydrogens (tertiary/aromatic N) is 1. The first-order chi connectivity index (χ1) is 9.45. The van der Waals surface area contributed by atoms with Crippen LogP contribution in [0.2, 0.25) is 5.02 Å². The number of aliphatic hydroxyl groups is 1. The van der Waals surface area contributed by atoms with Gasteiger partial charge in [0, 0.05) is 17.3 Å². The van der Waals surface area contributed by atoms with Gasteiger partial charge in [-0.25, -0.2) is 0 Å². The zero-order chi connectivity index (χ0) is 14.7. The van der Waals surface area contributed by atoms with Crippen LogP contribution < -0.4 is 5.32 Å². The van der Waals surface area contributed by atoms with Gasteiger partial charge in [-0.05, 0) is 49.6 Å². The Morgan fingerprint density at radius 2 is 2.30 bits per heavy atom. The molecule has 1 aliphatic heterocycles. The second-order valence-electron chi connectivity index (χ2n) is 5.58. The van der Waals surface area contributed by atoms with Crippen molar-refractivity contribution in [1.29, 1.82) is 0 Å². The molecule has 110 valence electrons. The molecule has 2 rings (SSSR count). The molecule has 4 nitrogen and oxygen atoms in total. The quantitative estimate of drug-likeness (QED) is 0.900. The van der Waals surface area contributed by atoms with Crippen molar-refractivity contribution in [3.05, 3.63) is 28.8 Å². The Bertz CT molecular complexity index is 493. The lowest BCUT2D eigenvalue weighted by atomic mass is 9.96. The Labute approximate surface area is 124 Å². The van der Waals surface area contributed by atoms with Crippen LogP contribution in [-0.2, 0) is 4.79 Å². The van der Waals surface area contributed by atoms with E-state index in [1.165, 1.54) is 0 Å². The summed E-state index contributed by atoms with van der Waals surface area (Å²) in [7, 11) is 0. The summed E-state index contributed by atoms with van der Waals surface area (Å²) in [6.07, 6.45) is 0.586. The lowest BCUT2D eigenvalue weighted by Crippen LogP contribution is -2.45. The Morgan fingerprint density at radius 3 is 2.95 bits per heavy atom. The van der Waals surface area contributed by atoms with E-state index in [9.17, 15) is 9.90 Å². The zero-order valence-electron chi connectivity index (χ0n) is 11.9. The summed E-state index contributed by atoms with van der Waals surface area (Å²) in [5.74, 6) is 0.255. The lowest BCUT2D eigenvalue weighted by Gasteiger charge is -2.33. The smallest absolute Gasteiger partial charge is 0.238 e. The molecule has 1 fully saturated rings. The first-order valence-electron chi connectivity index (χ1n) is 6.92. The molecule has 1 heterocycles. The minimum absolute atomic E-state index is 0.0582. The van der Waals surface area contributed by atoms with Gasteiger partial charge in [-0.3, -0.25) is 9.69 Å². The molecule has 1 aromatic carbocycles. The summed E-state index contributed by atoms with van der Waals surface area (Å²) in [6.45, 7) is 5.68. The highest BCUT2D eigenvalue weighted by Gasteiger charge is 2.25. The third kappa shape index (κ3) is 3.95. The van der Waals surface area contributed by atoms with Crippen molar-refractivity contribution in [2.45, 2.75) is 26.4 Å². The van der Waals surface area contributed by atoms with Crippen LogP contribution in [0.3, 0.4) is 0 Å². The van der Waals surface area contributed by atoms with Crippen molar-refractivity contribution in [2.75, 3.05) is 25.0 Å². The summed E-state index contributed by atoms with van der Waals surface area (Å²) in [6, 6.07) is 5.39. The van der Waals surface area contributed by atoms with E-state index < -0.39 is 0 Å². The van der Waals surface area contributed by atoms with E-state index in [1.54, 1.807) is 6.07 Å². The predicted molar refractivity (Wildman–Crippen MR) is 81.0 cm³/mol. The highest BCUT2D eigenvalue weighted by molar-refractivity contribution is 6.30. The van der Waals surface area contributed by atoms with Gasteiger partial charge in [-0.15, -0.1) is 0 Å². The molecule has 2 N–H and O–H groups in total. The maximum atomic E-state index is 12.0. The fourth-order valence-corrected chi connectivity index (χ4v) is 2.64. The van der Waals surface area contributed by atoms with Gasteiger partial charge < -0.3 is 10.4 Å². The Hall–Kier alpha value is -1.10. The van der Waals surface area contributed by atoms with Crippen LogP contribution in [-0.4, -0.2) is 41.7 Å². The fourth-order valence-electron chi connectivity index (χ4n) is 2.42. The van der Waals surface area contributed by atoms with Crippen molar-refractivity contribution >= 4 is 23.2 Å². The highest BCUT2D eigenvalue weighted by Crippen LogP contribution is 2.20. The van der Waals surface area contributed by atoms with E-state index in [1.807, 2.05) is 30.9 Å². The number of aliphatic hydroxyl groups excluding tert-OH is 1. The third-order valence-electron chi connectivity index (χ3n) is 3.83. The highest BCUT2D eigenvalue weighted by atomic mass is 35.5. The molecule has 1 saturated heterocycles. The zero-order valence-corrected chi connectivity index (χ0v) is 12.7. The minimum atomic E-state index is -0.339. The Balaban J connectivity index is 1.89. The lowest BCUT2D eigenvalue weighted by molar-refractivity contribution is -0.118. The summed E-state index contributed by atoms with van der Waals surface area (Å²) in [5.41, 5.74) is 1.73. The van der Waals surface area contributed by atoms with Gasteiger partial charge >= 0.3 is 0 Å². The number of nitrogens with one attached hydrogen (secondary N) is 1. The van der Waals surface area contributed by atoms with Gasteiger partial charge in [0.1, 0.15) is 0 Å². The first kappa shape index (κ1) is 15.3. The van der Waals surface area contributed by atoms with E-state index >= 15 is 0 Å². The number of likely N-dealkylation sites (tertiary alicyclic amines) is 1. The molecular weight excluding hydrogens is 276 g/mol. The number of benzene rings is 1. The number of carbonyl (C=O) groups excluding carboxylic acids is 1. The third-order valence-corrected chi connectivity index (χ3v) is 4.07. The van der Waals surface area contributed by atoms with E-state index in [2.05, 4.69) is 5.32 Å². The number of amides is 1. The van der Waals surface area contributed by atoms with Crippen molar-refractivity contribution in [3.63, 3.8) is 0 Å². The van der Waals surface area contributed by atoms with Gasteiger partial charge in [-0.1, -0.05) is 18.5 Å². The number of hydrogen-bond donors (Lipinski definition) is 2. The van der Waals surface area contributed by atoms with Crippen LogP contribution in [0.5, 0.6) is 0 Å². The van der Waals surface area contributed by atoms with Crippen molar-refractivity contribution in [1.82, 2.24) is 4.90 Å². The SMILES string of the molecule is Cc1cc(Cl)ccc1NC(=O)CN1CCC(C)C(O)C1. The summed E-state index contributed by atoms with van der Waals surface area (Å²) in [5, 5.41) is 13.4. The maximum Gasteiger partial charge on any atom is 0.238 e. The monoisotopic (exact) mass is 296 g/mol. The van der Waals surface area contributed by atoms with Crippen LogP contribution in [0.1, 0.15) is 18.9 Å². The molecule has 0 radical (unpaired) electrons. The van der Waals surface area contributed by atoms with E-state index in [4.69, 9.17) is 11.6 Å². The Kier molecular flexibility index (Phi) is 5.02. The molecule has 20 heavy (non-hydrogen) atoms. The largest absolute Gasteiger partial charge is 0.392 e. The average Bonchev–Trinajstić information content (AvgIpc) is 2.37. The van der Waals surface area contributed by atoms with Gasteiger partial charge in [-0.2, -0.15) is 0 Å². The fraction of sp³-hybridized carbons (Fsp3) is 0.533. The van der Waals surface area contributed by atoms with Crippen molar-refractivity contribution in [2.24, 2.45) is 5.92 Å². The summed E-state index contributed by atoms with van der Waals surface area (Å²) in [4.78, 5) is 14.0. The molecule has 2 unspecified atom stereocenters. The molecule has 0 aliphatic carbocycles. The van der Waals surface area contributed by atoms with Crippen LogP contribution in [0.25, 0.3) is 0 Å². The van der Waals surface area contributed by atoms with E-state index in [0.29, 0.717) is 24.0 Å². The molecule has 1 amide bonds. The number of aryl methyl sites for hydroxylation is 1. The topological polar surface area (TPSA) is 52.6 Å². The second-order valence-corrected chi connectivity index (χ2v) is 6.01. The number of anilines is 1. The molecule has 0 aromatic heterocycles. The molecule has 1 aliphatic rings. The van der Waals surface area contributed by atoms with Gasteiger partial charge in [0.25, 0.3) is 0 Å². The van der Waals surface area contributed by atoms with Crippen LogP contribution in [0.15, 0.2) is 18.2 Å². The number of piperidine rings is 1. The molecule has 5 heteroatoms. The summed E-state index contributed by atoms with van der Waals surface area (Å²) >= 11 is 5.89. The van der Waals surface area contributed by atoms with Crippen molar-refractivity contribution in [3.8, 4) is 0 Å². The first-order valence-corrected chi connectivity index (χ1v) is 7.30.